The standard InChI is InChI=1S/C13H20BrClN2/c1-4-13(5-2,8-15)9-16-12-7-6-11(14)10(3)17-12/h6-7H,4-5,8-9H2,1-3H3,(H,16,17). The maximum absolute atomic E-state index is 6.08. The van der Waals surface area contributed by atoms with Crippen LogP contribution >= 0.6 is 27.5 Å². The van der Waals surface area contributed by atoms with Crippen molar-refractivity contribution in [2.45, 2.75) is 33.6 Å². The lowest BCUT2D eigenvalue weighted by atomic mass is 9.84. The van der Waals surface area contributed by atoms with Crippen molar-refractivity contribution in [3.63, 3.8) is 0 Å². The molecular formula is C13H20BrClN2. The number of nitrogens with one attached hydrogen (secondary N) is 1. The first-order valence-electron chi connectivity index (χ1n) is 6.00. The van der Waals surface area contributed by atoms with Gasteiger partial charge in [0.25, 0.3) is 0 Å². The fourth-order valence-corrected chi connectivity index (χ4v) is 2.35. The zero-order chi connectivity index (χ0) is 12.9. The number of hydrogen-bond donors (Lipinski definition) is 1. The Morgan fingerprint density at radius 2 is 2.00 bits per heavy atom. The van der Waals surface area contributed by atoms with Crippen LogP contribution in [0.2, 0.25) is 0 Å². The molecule has 96 valence electrons. The quantitative estimate of drug-likeness (QED) is 0.775. The van der Waals surface area contributed by atoms with Crippen molar-refractivity contribution in [1.82, 2.24) is 4.98 Å². The minimum atomic E-state index is 0.171. The second-order valence-electron chi connectivity index (χ2n) is 4.46. The van der Waals surface area contributed by atoms with E-state index in [9.17, 15) is 0 Å². The van der Waals surface area contributed by atoms with Crippen molar-refractivity contribution in [1.29, 1.82) is 0 Å². The number of aryl methyl sites for hydroxylation is 1. The van der Waals surface area contributed by atoms with Gasteiger partial charge < -0.3 is 5.32 Å². The van der Waals surface area contributed by atoms with Crippen LogP contribution in [0.25, 0.3) is 0 Å². The summed E-state index contributed by atoms with van der Waals surface area (Å²) < 4.78 is 1.04. The summed E-state index contributed by atoms with van der Waals surface area (Å²) in [4.78, 5) is 4.48. The highest BCUT2D eigenvalue weighted by Gasteiger charge is 2.24. The molecule has 1 aromatic heterocycles. The number of anilines is 1. The number of alkyl halides is 1. The van der Waals surface area contributed by atoms with Crippen LogP contribution in [0.1, 0.15) is 32.4 Å². The van der Waals surface area contributed by atoms with Gasteiger partial charge in [-0.3, -0.25) is 0 Å². The lowest BCUT2D eigenvalue weighted by molar-refractivity contribution is 0.326. The summed E-state index contributed by atoms with van der Waals surface area (Å²) in [6, 6.07) is 4.01. The molecule has 0 fully saturated rings. The molecule has 1 N–H and O–H groups in total. The van der Waals surface area contributed by atoms with Gasteiger partial charge in [0.05, 0.1) is 5.69 Å². The van der Waals surface area contributed by atoms with Crippen LogP contribution in [0.3, 0.4) is 0 Å². The fraction of sp³-hybridized carbons (Fsp3) is 0.615. The van der Waals surface area contributed by atoms with Gasteiger partial charge in [0.2, 0.25) is 0 Å². The molecule has 0 atom stereocenters. The average molecular weight is 320 g/mol. The molecule has 0 saturated heterocycles. The molecule has 0 saturated carbocycles. The lowest BCUT2D eigenvalue weighted by Crippen LogP contribution is -2.30. The number of rotatable bonds is 6. The van der Waals surface area contributed by atoms with Crippen LogP contribution in [-0.4, -0.2) is 17.4 Å². The third-order valence-corrected chi connectivity index (χ3v) is 4.85. The van der Waals surface area contributed by atoms with E-state index in [-0.39, 0.29) is 5.41 Å². The lowest BCUT2D eigenvalue weighted by Gasteiger charge is -2.29. The summed E-state index contributed by atoms with van der Waals surface area (Å²) in [5, 5.41) is 3.39. The predicted molar refractivity (Wildman–Crippen MR) is 78.9 cm³/mol. The minimum Gasteiger partial charge on any atom is -0.369 e. The van der Waals surface area contributed by atoms with E-state index in [1.165, 1.54) is 0 Å². The maximum atomic E-state index is 6.08. The van der Waals surface area contributed by atoms with Crippen LogP contribution in [0, 0.1) is 12.3 Å². The van der Waals surface area contributed by atoms with Crippen molar-refractivity contribution in [3.8, 4) is 0 Å². The Kier molecular flexibility index (Phi) is 5.74. The molecule has 0 radical (unpaired) electrons. The van der Waals surface area contributed by atoms with Gasteiger partial charge in [-0.05, 0) is 47.8 Å². The summed E-state index contributed by atoms with van der Waals surface area (Å²) in [6.45, 7) is 7.24. The summed E-state index contributed by atoms with van der Waals surface area (Å²) in [7, 11) is 0. The monoisotopic (exact) mass is 318 g/mol. The molecule has 0 spiro atoms. The molecule has 0 aliphatic rings. The van der Waals surface area contributed by atoms with Gasteiger partial charge in [0, 0.05) is 22.3 Å². The molecule has 0 unspecified atom stereocenters. The fourth-order valence-electron chi connectivity index (χ4n) is 1.66. The predicted octanol–water partition coefficient (Wildman–Crippen LogP) is 4.61. The minimum absolute atomic E-state index is 0.171. The highest BCUT2D eigenvalue weighted by Crippen LogP contribution is 2.28. The zero-order valence-corrected chi connectivity index (χ0v) is 13.0. The third-order valence-electron chi connectivity index (χ3n) is 3.45. The molecule has 0 bridgehead atoms. The number of halogens is 2. The van der Waals surface area contributed by atoms with Crippen LogP contribution < -0.4 is 5.32 Å². The Labute approximate surface area is 117 Å². The first-order valence-corrected chi connectivity index (χ1v) is 7.32. The van der Waals surface area contributed by atoms with E-state index in [1.54, 1.807) is 0 Å². The average Bonchev–Trinajstić information content (AvgIpc) is 2.36. The molecule has 0 aliphatic heterocycles. The normalized spacial score (nSPS) is 11.6. The molecule has 0 aromatic carbocycles. The second kappa shape index (κ2) is 6.60. The van der Waals surface area contributed by atoms with E-state index in [4.69, 9.17) is 11.6 Å². The Morgan fingerprint density at radius 1 is 1.35 bits per heavy atom. The summed E-state index contributed by atoms with van der Waals surface area (Å²) in [5.74, 6) is 1.60. The van der Waals surface area contributed by atoms with E-state index in [0.717, 1.165) is 35.4 Å². The van der Waals surface area contributed by atoms with Crippen molar-refractivity contribution >= 4 is 33.3 Å². The third kappa shape index (κ3) is 3.85. The summed E-state index contributed by atoms with van der Waals surface area (Å²) in [5.41, 5.74) is 1.17. The van der Waals surface area contributed by atoms with E-state index in [0.29, 0.717) is 5.88 Å². The van der Waals surface area contributed by atoms with Gasteiger partial charge in [0.1, 0.15) is 5.82 Å². The first kappa shape index (κ1) is 14.8. The topological polar surface area (TPSA) is 24.9 Å². The van der Waals surface area contributed by atoms with Crippen molar-refractivity contribution in [2.24, 2.45) is 5.41 Å². The number of pyridine rings is 1. The Hall–Kier alpha value is -0.280. The summed E-state index contributed by atoms with van der Waals surface area (Å²) >= 11 is 9.53. The largest absolute Gasteiger partial charge is 0.369 e. The molecule has 1 aromatic rings. The molecule has 17 heavy (non-hydrogen) atoms. The smallest absolute Gasteiger partial charge is 0.126 e. The first-order chi connectivity index (χ1) is 8.06. The van der Waals surface area contributed by atoms with Gasteiger partial charge in [-0.15, -0.1) is 11.6 Å². The highest BCUT2D eigenvalue weighted by atomic mass is 79.9. The Bertz CT molecular complexity index is 356. The molecule has 4 heteroatoms. The van der Waals surface area contributed by atoms with Crippen molar-refractivity contribution < 1.29 is 0 Å². The van der Waals surface area contributed by atoms with Gasteiger partial charge in [-0.25, -0.2) is 4.98 Å². The Morgan fingerprint density at radius 3 is 2.47 bits per heavy atom. The highest BCUT2D eigenvalue weighted by molar-refractivity contribution is 9.10. The van der Waals surface area contributed by atoms with E-state index in [2.05, 4.69) is 40.1 Å². The molecule has 1 rings (SSSR count). The van der Waals surface area contributed by atoms with Gasteiger partial charge in [-0.1, -0.05) is 13.8 Å². The molecular weight excluding hydrogens is 300 g/mol. The van der Waals surface area contributed by atoms with E-state index in [1.807, 2.05) is 19.1 Å². The van der Waals surface area contributed by atoms with Gasteiger partial charge in [-0.2, -0.15) is 0 Å². The maximum Gasteiger partial charge on any atom is 0.126 e. The Balaban J connectivity index is 2.68. The van der Waals surface area contributed by atoms with Crippen LogP contribution in [-0.2, 0) is 0 Å². The summed E-state index contributed by atoms with van der Waals surface area (Å²) in [6.07, 6.45) is 2.16. The molecule has 0 aliphatic carbocycles. The number of nitrogens with zero attached hydrogens (tertiary/aromatic N) is 1. The number of hydrogen-bond acceptors (Lipinski definition) is 2. The van der Waals surface area contributed by atoms with Crippen molar-refractivity contribution in [2.75, 3.05) is 17.7 Å². The van der Waals surface area contributed by atoms with Crippen molar-refractivity contribution in [3.05, 3.63) is 22.3 Å². The molecule has 1 heterocycles. The van der Waals surface area contributed by atoms with E-state index >= 15 is 0 Å². The van der Waals surface area contributed by atoms with Crippen LogP contribution in [0.5, 0.6) is 0 Å². The zero-order valence-electron chi connectivity index (χ0n) is 10.7. The van der Waals surface area contributed by atoms with E-state index < -0.39 is 0 Å². The van der Waals surface area contributed by atoms with Gasteiger partial charge in [0.15, 0.2) is 0 Å². The van der Waals surface area contributed by atoms with Crippen LogP contribution in [0.4, 0.5) is 5.82 Å². The van der Waals surface area contributed by atoms with Crippen LogP contribution in [0.15, 0.2) is 16.6 Å². The SMILES string of the molecule is CCC(CC)(CCl)CNc1ccc(Br)c(C)n1. The number of aromatic nitrogens is 1. The molecule has 0 amide bonds. The molecule has 2 nitrogen and oxygen atoms in total. The second-order valence-corrected chi connectivity index (χ2v) is 5.58. The van der Waals surface area contributed by atoms with Gasteiger partial charge >= 0.3 is 0 Å².